The average molecular weight is 392 g/mol. The molecule has 8 nitrogen and oxygen atoms in total. The summed E-state index contributed by atoms with van der Waals surface area (Å²) in [7, 11) is 0. The molecule has 0 aliphatic carbocycles. The standard InChI is InChI=1S/C18H22ClN5O3/c19-12-3-1-11(2-4-12)15-9-24-8-13(7-14(24)10-27-15)20-17(25)6-5-16-21-18(26)23-22-16/h1-4,13-15H,5-10H2,(H,20,25)(H2,21,22,23,26)/t13-,14+,15-/m1/s1. The number of nitrogens with one attached hydrogen (secondary N) is 3. The van der Waals surface area contributed by atoms with Crippen LogP contribution in [0, 0.1) is 0 Å². The highest BCUT2D eigenvalue weighted by molar-refractivity contribution is 6.30. The summed E-state index contributed by atoms with van der Waals surface area (Å²) in [5, 5.41) is 9.92. The summed E-state index contributed by atoms with van der Waals surface area (Å²) >= 11 is 5.96. The first-order chi connectivity index (χ1) is 13.1. The van der Waals surface area contributed by atoms with Crippen molar-refractivity contribution >= 4 is 17.5 Å². The third-order valence-electron chi connectivity index (χ3n) is 5.16. The number of aryl methyl sites for hydroxylation is 1. The Morgan fingerprint density at radius 3 is 2.89 bits per heavy atom. The maximum atomic E-state index is 12.2. The van der Waals surface area contributed by atoms with Crippen LogP contribution in [0.15, 0.2) is 29.1 Å². The van der Waals surface area contributed by atoms with Crippen LogP contribution in [0.4, 0.5) is 0 Å². The van der Waals surface area contributed by atoms with Gasteiger partial charge in [0, 0.05) is 43.0 Å². The summed E-state index contributed by atoms with van der Waals surface area (Å²) in [5.74, 6) is 0.470. The van der Waals surface area contributed by atoms with Crippen LogP contribution in [-0.4, -0.2) is 57.8 Å². The lowest BCUT2D eigenvalue weighted by molar-refractivity contribution is -0.121. The molecule has 0 saturated carbocycles. The van der Waals surface area contributed by atoms with Crippen LogP contribution in [0.2, 0.25) is 5.02 Å². The van der Waals surface area contributed by atoms with Crippen molar-refractivity contribution in [1.29, 1.82) is 0 Å². The molecule has 0 radical (unpaired) electrons. The fraction of sp³-hybridized carbons (Fsp3) is 0.500. The average Bonchev–Trinajstić information content (AvgIpc) is 3.25. The van der Waals surface area contributed by atoms with Gasteiger partial charge >= 0.3 is 5.69 Å². The lowest BCUT2D eigenvalue weighted by Crippen LogP contribution is -2.43. The molecule has 0 spiro atoms. The molecule has 3 atom stereocenters. The van der Waals surface area contributed by atoms with Crippen LogP contribution >= 0.6 is 11.6 Å². The number of rotatable bonds is 5. The molecule has 144 valence electrons. The van der Waals surface area contributed by atoms with E-state index in [2.05, 4.69) is 25.4 Å². The van der Waals surface area contributed by atoms with Gasteiger partial charge in [-0.1, -0.05) is 23.7 Å². The maximum absolute atomic E-state index is 12.2. The highest BCUT2D eigenvalue weighted by Gasteiger charge is 2.38. The fourth-order valence-corrected chi connectivity index (χ4v) is 3.94. The van der Waals surface area contributed by atoms with Crippen molar-refractivity contribution in [2.75, 3.05) is 19.7 Å². The Morgan fingerprint density at radius 1 is 1.33 bits per heavy atom. The number of hydrogen-bond donors (Lipinski definition) is 3. The number of aromatic amines is 2. The SMILES string of the molecule is O=C(CCc1n[nH]c(=O)[nH]1)N[C@@H]1C[C@H]2CO[C@@H](c3ccc(Cl)cc3)CN2C1. The van der Waals surface area contributed by atoms with Crippen molar-refractivity contribution in [3.8, 4) is 0 Å². The molecule has 2 aliphatic heterocycles. The summed E-state index contributed by atoms with van der Waals surface area (Å²) in [6.45, 7) is 2.30. The van der Waals surface area contributed by atoms with Crippen molar-refractivity contribution in [2.24, 2.45) is 0 Å². The van der Waals surface area contributed by atoms with Gasteiger partial charge in [-0.2, -0.15) is 5.10 Å². The van der Waals surface area contributed by atoms with Gasteiger partial charge in [-0.05, 0) is 24.1 Å². The zero-order valence-corrected chi connectivity index (χ0v) is 15.5. The number of halogens is 1. The Labute approximate surface area is 161 Å². The smallest absolute Gasteiger partial charge is 0.340 e. The van der Waals surface area contributed by atoms with E-state index in [4.69, 9.17) is 16.3 Å². The van der Waals surface area contributed by atoms with E-state index in [0.717, 1.165) is 30.1 Å². The van der Waals surface area contributed by atoms with Crippen LogP contribution in [0.3, 0.4) is 0 Å². The quantitative estimate of drug-likeness (QED) is 0.706. The van der Waals surface area contributed by atoms with Crippen LogP contribution in [-0.2, 0) is 16.0 Å². The minimum absolute atomic E-state index is 0.0288. The number of amides is 1. The zero-order chi connectivity index (χ0) is 18.8. The van der Waals surface area contributed by atoms with Gasteiger partial charge in [-0.15, -0.1) is 0 Å². The molecule has 0 unspecified atom stereocenters. The molecule has 1 amide bonds. The van der Waals surface area contributed by atoms with Gasteiger partial charge in [0.1, 0.15) is 5.82 Å². The largest absolute Gasteiger partial charge is 0.371 e. The van der Waals surface area contributed by atoms with Crippen LogP contribution in [0.1, 0.15) is 30.3 Å². The lowest BCUT2D eigenvalue weighted by Gasteiger charge is -2.35. The normalized spacial score (nSPS) is 25.3. The monoisotopic (exact) mass is 391 g/mol. The maximum Gasteiger partial charge on any atom is 0.340 e. The fourth-order valence-electron chi connectivity index (χ4n) is 3.81. The molecule has 2 saturated heterocycles. The second kappa shape index (κ2) is 7.84. The molecule has 3 heterocycles. The Bertz CT molecular complexity index is 849. The molecule has 1 aromatic heterocycles. The van der Waals surface area contributed by atoms with E-state index in [1.165, 1.54) is 0 Å². The van der Waals surface area contributed by atoms with Gasteiger partial charge in [0.15, 0.2) is 0 Å². The minimum atomic E-state index is -0.353. The van der Waals surface area contributed by atoms with Gasteiger partial charge in [0.25, 0.3) is 0 Å². The van der Waals surface area contributed by atoms with Crippen molar-refractivity contribution in [3.05, 3.63) is 51.2 Å². The first kappa shape index (κ1) is 18.2. The van der Waals surface area contributed by atoms with Gasteiger partial charge in [-0.25, -0.2) is 9.89 Å². The number of carbonyl (C=O) groups excluding carboxylic acids is 1. The van der Waals surface area contributed by atoms with Crippen LogP contribution < -0.4 is 11.0 Å². The van der Waals surface area contributed by atoms with E-state index < -0.39 is 0 Å². The Hall–Kier alpha value is -2.16. The van der Waals surface area contributed by atoms with Crippen molar-refractivity contribution < 1.29 is 9.53 Å². The lowest BCUT2D eigenvalue weighted by atomic mass is 10.1. The summed E-state index contributed by atoms with van der Waals surface area (Å²) in [5.41, 5.74) is 0.770. The molecule has 0 bridgehead atoms. The van der Waals surface area contributed by atoms with Gasteiger partial charge in [0.05, 0.1) is 12.7 Å². The van der Waals surface area contributed by atoms with E-state index in [-0.39, 0.29) is 23.7 Å². The van der Waals surface area contributed by atoms with E-state index >= 15 is 0 Å². The predicted octanol–water partition coefficient (Wildman–Crippen LogP) is 1.01. The number of H-pyrrole nitrogens is 2. The van der Waals surface area contributed by atoms with Crippen molar-refractivity contribution in [1.82, 2.24) is 25.4 Å². The Balaban J connectivity index is 1.27. The number of fused-ring (bicyclic) bond motifs is 1. The Kier molecular flexibility index (Phi) is 5.29. The van der Waals surface area contributed by atoms with Crippen LogP contribution in [0.5, 0.6) is 0 Å². The number of benzene rings is 1. The van der Waals surface area contributed by atoms with E-state index in [9.17, 15) is 9.59 Å². The van der Waals surface area contributed by atoms with Crippen molar-refractivity contribution in [2.45, 2.75) is 37.5 Å². The van der Waals surface area contributed by atoms with Gasteiger partial charge in [-0.3, -0.25) is 14.7 Å². The zero-order valence-electron chi connectivity index (χ0n) is 14.8. The van der Waals surface area contributed by atoms with Gasteiger partial charge < -0.3 is 10.1 Å². The molecule has 9 heteroatoms. The molecule has 27 heavy (non-hydrogen) atoms. The molecular weight excluding hydrogens is 370 g/mol. The highest BCUT2D eigenvalue weighted by Crippen LogP contribution is 2.30. The summed E-state index contributed by atoms with van der Waals surface area (Å²) in [6.07, 6.45) is 1.63. The molecule has 4 rings (SSSR count). The van der Waals surface area contributed by atoms with E-state index in [1.807, 2.05) is 24.3 Å². The van der Waals surface area contributed by atoms with Gasteiger partial charge in [0.2, 0.25) is 5.91 Å². The topological polar surface area (TPSA) is 103 Å². The summed E-state index contributed by atoms with van der Waals surface area (Å²) < 4.78 is 6.04. The number of morpholine rings is 1. The predicted molar refractivity (Wildman–Crippen MR) is 99.6 cm³/mol. The highest BCUT2D eigenvalue weighted by atomic mass is 35.5. The molecule has 1 aromatic carbocycles. The first-order valence-electron chi connectivity index (χ1n) is 9.11. The molecule has 2 aromatic rings. The number of nitrogens with zero attached hydrogens (tertiary/aromatic N) is 2. The van der Waals surface area contributed by atoms with Crippen LogP contribution in [0.25, 0.3) is 0 Å². The van der Waals surface area contributed by atoms with E-state index in [0.29, 0.717) is 31.3 Å². The molecule has 2 fully saturated rings. The molecular formula is C18H22ClN5O3. The summed E-state index contributed by atoms with van der Waals surface area (Å²) in [4.78, 5) is 28.1. The number of hydrogen-bond acceptors (Lipinski definition) is 5. The number of aromatic nitrogens is 3. The Morgan fingerprint density at radius 2 is 2.15 bits per heavy atom. The molecule has 3 N–H and O–H groups in total. The third-order valence-corrected chi connectivity index (χ3v) is 5.42. The first-order valence-corrected chi connectivity index (χ1v) is 9.48. The number of carbonyl (C=O) groups is 1. The van der Waals surface area contributed by atoms with E-state index in [1.54, 1.807) is 0 Å². The van der Waals surface area contributed by atoms with Crippen molar-refractivity contribution in [3.63, 3.8) is 0 Å². The second-order valence-electron chi connectivity index (χ2n) is 7.11. The number of ether oxygens (including phenoxy) is 1. The minimum Gasteiger partial charge on any atom is -0.371 e. The summed E-state index contributed by atoms with van der Waals surface area (Å²) in [6, 6.07) is 8.22. The third kappa shape index (κ3) is 4.40. The second-order valence-corrected chi connectivity index (χ2v) is 7.54. The molecule has 2 aliphatic rings.